The molecule has 0 atom stereocenters. The molecule has 0 aliphatic carbocycles. The zero-order valence-corrected chi connectivity index (χ0v) is 19.4. The fourth-order valence-electron chi connectivity index (χ4n) is 2.52. The zero-order chi connectivity index (χ0) is 22.4. The molecular formula is C24H38O6. The Morgan fingerprint density at radius 2 is 1.30 bits per heavy atom. The largest absolute Gasteiger partial charge is 0.490 e. The van der Waals surface area contributed by atoms with Gasteiger partial charge in [0.25, 0.3) is 0 Å². The highest BCUT2D eigenvalue weighted by molar-refractivity contribution is 5.88. The summed E-state index contributed by atoms with van der Waals surface area (Å²) in [6.07, 6.45) is 6.28. The van der Waals surface area contributed by atoms with Gasteiger partial charge in [0.1, 0.15) is 0 Å². The Morgan fingerprint density at radius 1 is 0.800 bits per heavy atom. The monoisotopic (exact) mass is 422 g/mol. The van der Waals surface area contributed by atoms with Gasteiger partial charge in [0.2, 0.25) is 11.5 Å². The smallest absolute Gasteiger partial charge is 0.331 e. The molecule has 0 aromatic heterocycles. The lowest BCUT2D eigenvalue weighted by Gasteiger charge is -2.21. The molecule has 0 aliphatic rings. The summed E-state index contributed by atoms with van der Waals surface area (Å²) >= 11 is 0. The van der Waals surface area contributed by atoms with E-state index in [1.807, 2.05) is 47.6 Å². The van der Waals surface area contributed by atoms with Gasteiger partial charge in [0, 0.05) is 11.6 Å². The number of hydrogen-bond acceptors (Lipinski definition) is 6. The maximum atomic E-state index is 12.0. The standard InChI is InChI=1S/C24H38O6/c1-7-13-26-20-17-19(11-12-21(25)30-18(5)6)22(27-14-8-2)24(29-16-10-4)23(20)28-15-9-3/h11-12,17-18H,7-10,13-16H2,1-6H3. The Labute approximate surface area is 181 Å². The number of carbonyl (C=O) groups is 1. The average molecular weight is 423 g/mol. The third-order valence-electron chi connectivity index (χ3n) is 3.75. The van der Waals surface area contributed by atoms with Crippen LogP contribution in [0.2, 0.25) is 0 Å². The maximum absolute atomic E-state index is 12.0. The highest BCUT2D eigenvalue weighted by Crippen LogP contribution is 2.48. The number of ether oxygens (including phenoxy) is 5. The van der Waals surface area contributed by atoms with Crippen molar-refractivity contribution < 1.29 is 28.5 Å². The Balaban J connectivity index is 3.52. The van der Waals surface area contributed by atoms with Gasteiger partial charge in [-0.3, -0.25) is 0 Å². The van der Waals surface area contributed by atoms with Crippen LogP contribution in [0.15, 0.2) is 12.1 Å². The van der Waals surface area contributed by atoms with E-state index in [0.717, 1.165) is 25.7 Å². The van der Waals surface area contributed by atoms with Crippen LogP contribution in [0.3, 0.4) is 0 Å². The Morgan fingerprint density at radius 3 is 1.83 bits per heavy atom. The van der Waals surface area contributed by atoms with Crippen LogP contribution in [-0.2, 0) is 9.53 Å². The van der Waals surface area contributed by atoms with Gasteiger partial charge in [0.05, 0.1) is 32.5 Å². The van der Waals surface area contributed by atoms with Crippen molar-refractivity contribution in [2.24, 2.45) is 0 Å². The van der Waals surface area contributed by atoms with Gasteiger partial charge in [-0.25, -0.2) is 4.79 Å². The summed E-state index contributed by atoms with van der Waals surface area (Å²) in [6.45, 7) is 13.9. The number of esters is 1. The number of rotatable bonds is 15. The van der Waals surface area contributed by atoms with Crippen molar-refractivity contribution in [3.05, 3.63) is 17.7 Å². The van der Waals surface area contributed by atoms with Crippen molar-refractivity contribution in [3.63, 3.8) is 0 Å². The molecule has 0 saturated heterocycles. The van der Waals surface area contributed by atoms with E-state index in [9.17, 15) is 4.79 Å². The molecule has 0 heterocycles. The third kappa shape index (κ3) is 8.56. The molecule has 30 heavy (non-hydrogen) atoms. The van der Waals surface area contributed by atoms with Crippen molar-refractivity contribution >= 4 is 12.0 Å². The first-order chi connectivity index (χ1) is 14.5. The fraction of sp³-hybridized carbons (Fsp3) is 0.625. The first-order valence-electron chi connectivity index (χ1n) is 11.1. The second-order valence-corrected chi connectivity index (χ2v) is 7.16. The molecule has 0 unspecified atom stereocenters. The minimum absolute atomic E-state index is 0.185. The van der Waals surface area contributed by atoms with Crippen LogP contribution in [0.25, 0.3) is 6.08 Å². The van der Waals surface area contributed by atoms with E-state index in [2.05, 4.69) is 0 Å². The third-order valence-corrected chi connectivity index (χ3v) is 3.75. The van der Waals surface area contributed by atoms with Crippen LogP contribution in [-0.4, -0.2) is 38.5 Å². The van der Waals surface area contributed by atoms with E-state index < -0.39 is 5.97 Å². The minimum Gasteiger partial charge on any atom is -0.490 e. The van der Waals surface area contributed by atoms with Crippen molar-refractivity contribution in [1.29, 1.82) is 0 Å². The summed E-state index contributed by atoms with van der Waals surface area (Å²) in [5.41, 5.74) is 0.685. The molecule has 0 saturated carbocycles. The van der Waals surface area contributed by atoms with Crippen LogP contribution in [0.1, 0.15) is 72.8 Å². The summed E-state index contributed by atoms with van der Waals surface area (Å²) in [7, 11) is 0. The molecule has 0 radical (unpaired) electrons. The highest BCUT2D eigenvalue weighted by atomic mass is 16.6. The Hall–Kier alpha value is -2.37. The summed E-state index contributed by atoms with van der Waals surface area (Å²) in [5, 5.41) is 0. The normalized spacial score (nSPS) is 11.0. The lowest BCUT2D eigenvalue weighted by atomic mass is 10.1. The lowest BCUT2D eigenvalue weighted by Crippen LogP contribution is -2.09. The van der Waals surface area contributed by atoms with Gasteiger partial charge in [0.15, 0.2) is 11.5 Å². The first-order valence-corrected chi connectivity index (χ1v) is 11.1. The van der Waals surface area contributed by atoms with Gasteiger partial charge >= 0.3 is 5.97 Å². The van der Waals surface area contributed by atoms with Crippen molar-refractivity contribution in [2.75, 3.05) is 26.4 Å². The molecule has 0 N–H and O–H groups in total. The van der Waals surface area contributed by atoms with E-state index in [0.29, 0.717) is 55.0 Å². The molecule has 0 amide bonds. The van der Waals surface area contributed by atoms with Crippen LogP contribution in [0, 0.1) is 0 Å². The van der Waals surface area contributed by atoms with E-state index >= 15 is 0 Å². The minimum atomic E-state index is -0.412. The Kier molecular flexibility index (Phi) is 12.5. The zero-order valence-electron chi connectivity index (χ0n) is 19.4. The van der Waals surface area contributed by atoms with Crippen molar-refractivity contribution in [2.45, 2.75) is 73.3 Å². The molecule has 0 spiro atoms. The van der Waals surface area contributed by atoms with E-state index in [1.165, 1.54) is 6.08 Å². The van der Waals surface area contributed by atoms with Crippen LogP contribution in [0.5, 0.6) is 23.0 Å². The molecule has 0 fully saturated rings. The van der Waals surface area contributed by atoms with Crippen molar-refractivity contribution in [3.8, 4) is 23.0 Å². The maximum Gasteiger partial charge on any atom is 0.331 e. The molecule has 6 heteroatoms. The quantitative estimate of drug-likeness (QED) is 0.263. The summed E-state index contributed by atoms with van der Waals surface area (Å²) < 4.78 is 29.3. The van der Waals surface area contributed by atoms with Gasteiger partial charge in [-0.15, -0.1) is 0 Å². The molecule has 1 aromatic rings. The summed E-state index contributed by atoms with van der Waals surface area (Å²) in [5.74, 6) is 1.78. The Bertz CT molecular complexity index is 666. The molecule has 0 aliphatic heterocycles. The van der Waals surface area contributed by atoms with Gasteiger partial charge in [-0.05, 0) is 51.7 Å². The SMILES string of the molecule is CCCOc1cc(C=CC(=O)OC(C)C)c(OCCC)c(OCCC)c1OCCC. The molecule has 0 bridgehead atoms. The molecule has 1 rings (SSSR count). The summed E-state index contributed by atoms with van der Waals surface area (Å²) in [4.78, 5) is 12.0. The van der Waals surface area contributed by atoms with E-state index in [4.69, 9.17) is 23.7 Å². The lowest BCUT2D eigenvalue weighted by molar-refractivity contribution is -0.141. The van der Waals surface area contributed by atoms with Gasteiger partial charge < -0.3 is 23.7 Å². The average Bonchev–Trinajstić information content (AvgIpc) is 2.71. The fourth-order valence-corrected chi connectivity index (χ4v) is 2.52. The van der Waals surface area contributed by atoms with Crippen LogP contribution >= 0.6 is 0 Å². The molecule has 1 aromatic carbocycles. The van der Waals surface area contributed by atoms with Gasteiger partial charge in [-0.1, -0.05) is 27.7 Å². The molecule has 6 nitrogen and oxygen atoms in total. The highest BCUT2D eigenvalue weighted by Gasteiger charge is 2.23. The number of hydrogen-bond donors (Lipinski definition) is 0. The topological polar surface area (TPSA) is 63.2 Å². The number of carbonyl (C=O) groups excluding carboxylic acids is 1. The summed E-state index contributed by atoms with van der Waals surface area (Å²) in [6, 6.07) is 1.84. The van der Waals surface area contributed by atoms with Gasteiger partial charge in [-0.2, -0.15) is 0 Å². The van der Waals surface area contributed by atoms with E-state index in [-0.39, 0.29) is 6.10 Å². The predicted octanol–water partition coefficient (Wildman–Crippen LogP) is 5.81. The van der Waals surface area contributed by atoms with E-state index in [1.54, 1.807) is 6.08 Å². The van der Waals surface area contributed by atoms with Crippen LogP contribution < -0.4 is 18.9 Å². The second kappa shape index (κ2) is 14.6. The molecular weight excluding hydrogens is 384 g/mol. The predicted molar refractivity (Wildman–Crippen MR) is 120 cm³/mol. The van der Waals surface area contributed by atoms with Crippen LogP contribution in [0.4, 0.5) is 0 Å². The molecule has 170 valence electrons. The van der Waals surface area contributed by atoms with Crippen molar-refractivity contribution in [1.82, 2.24) is 0 Å². The second-order valence-electron chi connectivity index (χ2n) is 7.16. The number of benzene rings is 1. The first kappa shape index (κ1) is 25.7.